The van der Waals surface area contributed by atoms with Crippen LogP contribution >= 0.6 is 0 Å². The van der Waals surface area contributed by atoms with Gasteiger partial charge in [-0.3, -0.25) is 0 Å². The van der Waals surface area contributed by atoms with Gasteiger partial charge < -0.3 is 4.90 Å². The molecule has 0 unspecified atom stereocenters. The summed E-state index contributed by atoms with van der Waals surface area (Å²) in [6.45, 7) is 11.3. The highest BCUT2D eigenvalue weighted by molar-refractivity contribution is 4.78. The van der Waals surface area contributed by atoms with Crippen LogP contribution in [0.2, 0.25) is 0 Å². The van der Waals surface area contributed by atoms with Crippen LogP contribution in [0.4, 0.5) is 0 Å². The van der Waals surface area contributed by atoms with Gasteiger partial charge in [-0.1, -0.05) is 40.0 Å². The van der Waals surface area contributed by atoms with Crippen LogP contribution in [0.1, 0.15) is 72.1 Å². The van der Waals surface area contributed by atoms with E-state index >= 15 is 0 Å². The molecule has 0 aromatic heterocycles. The molecule has 0 aromatic rings. The van der Waals surface area contributed by atoms with E-state index in [4.69, 9.17) is 0 Å². The van der Waals surface area contributed by atoms with Crippen LogP contribution in [0.25, 0.3) is 0 Å². The van der Waals surface area contributed by atoms with E-state index in [-0.39, 0.29) is 0 Å². The highest BCUT2D eigenvalue weighted by Gasteiger charge is 2.25. The van der Waals surface area contributed by atoms with Gasteiger partial charge >= 0.3 is 0 Å². The lowest BCUT2D eigenvalue weighted by Gasteiger charge is -2.36. The average Bonchev–Trinajstić information content (AvgIpc) is 2.41. The Kier molecular flexibility index (Phi) is 6.19. The van der Waals surface area contributed by atoms with Crippen LogP contribution < -0.4 is 0 Å². The summed E-state index contributed by atoms with van der Waals surface area (Å²) in [5.74, 6) is 3.98. The molecule has 0 N–H and O–H groups in total. The fraction of sp³-hybridized carbons (Fsp3) is 1.00. The third-order valence-corrected chi connectivity index (χ3v) is 5.57. The number of rotatable bonds is 5. The normalized spacial score (nSPS) is 30.9. The summed E-state index contributed by atoms with van der Waals surface area (Å²) in [6.07, 6.45) is 11.8. The van der Waals surface area contributed by atoms with Crippen LogP contribution in [0.15, 0.2) is 0 Å². The lowest BCUT2D eigenvalue weighted by Crippen LogP contribution is -2.38. The molecule has 1 heteroatoms. The summed E-state index contributed by atoms with van der Waals surface area (Å²) in [7, 11) is 0. The first-order chi connectivity index (χ1) is 9.17. The second kappa shape index (κ2) is 7.67. The van der Waals surface area contributed by atoms with Crippen molar-refractivity contribution in [3.63, 3.8) is 0 Å². The molecule has 1 saturated heterocycles. The quantitative estimate of drug-likeness (QED) is 0.679. The van der Waals surface area contributed by atoms with Crippen molar-refractivity contribution in [2.45, 2.75) is 72.1 Å². The Morgan fingerprint density at radius 3 is 1.95 bits per heavy atom. The van der Waals surface area contributed by atoms with E-state index in [2.05, 4.69) is 25.7 Å². The van der Waals surface area contributed by atoms with Crippen molar-refractivity contribution in [1.82, 2.24) is 4.90 Å². The first kappa shape index (κ1) is 15.4. The number of nitrogens with zero attached hydrogens (tertiary/aromatic N) is 1. The monoisotopic (exact) mass is 265 g/mol. The van der Waals surface area contributed by atoms with Crippen molar-refractivity contribution < 1.29 is 0 Å². The zero-order valence-corrected chi connectivity index (χ0v) is 13.5. The van der Waals surface area contributed by atoms with Gasteiger partial charge in [-0.05, 0) is 68.9 Å². The minimum absolute atomic E-state index is 0.898. The van der Waals surface area contributed by atoms with Crippen LogP contribution in [0.3, 0.4) is 0 Å². The second-order valence-corrected chi connectivity index (χ2v) is 7.67. The van der Waals surface area contributed by atoms with Crippen LogP contribution in [0, 0.1) is 23.7 Å². The summed E-state index contributed by atoms with van der Waals surface area (Å²) in [6, 6.07) is 0. The van der Waals surface area contributed by atoms with E-state index in [1.165, 1.54) is 71.0 Å². The molecular weight excluding hydrogens is 230 g/mol. The van der Waals surface area contributed by atoms with Gasteiger partial charge in [-0.15, -0.1) is 0 Å². The summed E-state index contributed by atoms with van der Waals surface area (Å²) in [5, 5.41) is 0. The molecule has 1 aliphatic heterocycles. The molecule has 2 fully saturated rings. The number of hydrogen-bond donors (Lipinski definition) is 0. The topological polar surface area (TPSA) is 3.24 Å². The predicted octanol–water partition coefficient (Wildman–Crippen LogP) is 4.96. The third kappa shape index (κ3) is 5.10. The molecule has 0 aromatic carbocycles. The fourth-order valence-electron chi connectivity index (χ4n) is 4.26. The average molecular weight is 265 g/mol. The zero-order chi connectivity index (χ0) is 13.7. The Hall–Kier alpha value is -0.0400. The van der Waals surface area contributed by atoms with Gasteiger partial charge in [0.2, 0.25) is 0 Å². The second-order valence-electron chi connectivity index (χ2n) is 7.67. The maximum absolute atomic E-state index is 2.76. The van der Waals surface area contributed by atoms with Gasteiger partial charge in [0, 0.05) is 6.54 Å². The molecule has 19 heavy (non-hydrogen) atoms. The first-order valence-electron chi connectivity index (χ1n) is 8.89. The Balaban J connectivity index is 1.63. The third-order valence-electron chi connectivity index (χ3n) is 5.57. The molecule has 1 aliphatic carbocycles. The summed E-state index contributed by atoms with van der Waals surface area (Å²) >= 11 is 0. The van der Waals surface area contributed by atoms with E-state index in [1.807, 2.05) is 0 Å². The van der Waals surface area contributed by atoms with Gasteiger partial charge in [0.25, 0.3) is 0 Å². The van der Waals surface area contributed by atoms with Crippen LogP contribution in [-0.2, 0) is 0 Å². The van der Waals surface area contributed by atoms with E-state index in [0.717, 1.165) is 23.7 Å². The Labute approximate surface area is 121 Å². The maximum Gasteiger partial charge on any atom is 0.000966 e. The van der Waals surface area contributed by atoms with Gasteiger partial charge in [-0.2, -0.15) is 0 Å². The molecule has 0 radical (unpaired) electrons. The van der Waals surface area contributed by atoms with Crippen molar-refractivity contribution in [3.8, 4) is 0 Å². The molecule has 1 heterocycles. The molecule has 2 rings (SSSR count). The Bertz CT molecular complexity index is 232. The van der Waals surface area contributed by atoms with E-state index in [1.54, 1.807) is 0 Å². The largest absolute Gasteiger partial charge is 0.303 e. The number of likely N-dealkylation sites (tertiary alicyclic amines) is 1. The first-order valence-corrected chi connectivity index (χ1v) is 8.89. The van der Waals surface area contributed by atoms with E-state index in [0.29, 0.717) is 0 Å². The zero-order valence-electron chi connectivity index (χ0n) is 13.5. The molecule has 0 atom stereocenters. The van der Waals surface area contributed by atoms with Crippen molar-refractivity contribution in [2.24, 2.45) is 23.7 Å². The van der Waals surface area contributed by atoms with E-state index < -0.39 is 0 Å². The fourth-order valence-corrected chi connectivity index (χ4v) is 4.26. The van der Waals surface area contributed by atoms with Gasteiger partial charge in [0.15, 0.2) is 0 Å². The SMILES string of the molecule is CCC1CCN(CC2CCC(CC(C)C)CC2)CC1. The molecule has 1 nitrogen and oxygen atoms in total. The summed E-state index contributed by atoms with van der Waals surface area (Å²) in [4.78, 5) is 2.76. The highest BCUT2D eigenvalue weighted by Crippen LogP contribution is 2.33. The predicted molar refractivity (Wildman–Crippen MR) is 84.4 cm³/mol. The number of hydrogen-bond acceptors (Lipinski definition) is 1. The molecule has 0 amide bonds. The van der Waals surface area contributed by atoms with Crippen molar-refractivity contribution in [1.29, 1.82) is 0 Å². The lowest BCUT2D eigenvalue weighted by atomic mass is 9.78. The molecular formula is C18H35N. The van der Waals surface area contributed by atoms with Gasteiger partial charge in [0.05, 0.1) is 0 Å². The minimum atomic E-state index is 0.898. The molecule has 0 bridgehead atoms. The Morgan fingerprint density at radius 1 is 0.842 bits per heavy atom. The molecule has 2 aliphatic rings. The van der Waals surface area contributed by atoms with E-state index in [9.17, 15) is 0 Å². The van der Waals surface area contributed by atoms with Crippen LogP contribution in [0.5, 0.6) is 0 Å². The van der Waals surface area contributed by atoms with Crippen LogP contribution in [-0.4, -0.2) is 24.5 Å². The molecule has 1 saturated carbocycles. The summed E-state index contributed by atoms with van der Waals surface area (Å²) in [5.41, 5.74) is 0. The highest BCUT2D eigenvalue weighted by atomic mass is 15.1. The van der Waals surface area contributed by atoms with Crippen molar-refractivity contribution >= 4 is 0 Å². The smallest absolute Gasteiger partial charge is 0.000966 e. The Morgan fingerprint density at radius 2 is 1.42 bits per heavy atom. The van der Waals surface area contributed by atoms with Gasteiger partial charge in [-0.25, -0.2) is 0 Å². The van der Waals surface area contributed by atoms with Gasteiger partial charge in [0.1, 0.15) is 0 Å². The van der Waals surface area contributed by atoms with Crippen molar-refractivity contribution in [2.75, 3.05) is 19.6 Å². The standard InChI is InChI=1S/C18H35N/c1-4-16-9-11-19(12-10-16)14-18-7-5-17(6-8-18)13-15(2)3/h15-18H,4-14H2,1-3H3. The summed E-state index contributed by atoms with van der Waals surface area (Å²) < 4.78 is 0. The number of piperidine rings is 1. The van der Waals surface area contributed by atoms with Crippen molar-refractivity contribution in [3.05, 3.63) is 0 Å². The lowest BCUT2D eigenvalue weighted by molar-refractivity contribution is 0.131. The maximum atomic E-state index is 2.76. The molecule has 0 spiro atoms. The minimum Gasteiger partial charge on any atom is -0.303 e. The molecule has 112 valence electrons.